The SMILES string of the molecule is C=CC(=O)OCCOCCOCCOc1ccc(OC(=O)C2CCC(COC3=CC=C(OCC4CCC(C(=O)Oc5ccc(OCCOCCOCCOC(=O)C=C)cc5)CC4)C(/C=N/N(CCCCCC)c4nc5ccccc5s4)C3)CC2)cc1. The van der Waals surface area contributed by atoms with Crippen LogP contribution in [0.4, 0.5) is 5.13 Å². The van der Waals surface area contributed by atoms with Crippen LogP contribution >= 0.6 is 11.3 Å². The Morgan fingerprint density at radius 3 is 1.57 bits per heavy atom. The van der Waals surface area contributed by atoms with E-state index in [-0.39, 0.29) is 62.0 Å². The smallest absolute Gasteiger partial charge is 0.330 e. The van der Waals surface area contributed by atoms with Crippen molar-refractivity contribution in [3.63, 3.8) is 0 Å². The maximum absolute atomic E-state index is 13.3. The summed E-state index contributed by atoms with van der Waals surface area (Å²) in [5.74, 6) is 2.50. The number of benzene rings is 3. The van der Waals surface area contributed by atoms with Crippen LogP contribution in [0.2, 0.25) is 0 Å². The van der Waals surface area contributed by atoms with E-state index in [9.17, 15) is 19.2 Å². The van der Waals surface area contributed by atoms with E-state index in [1.165, 1.54) is 0 Å². The number of thiazole rings is 1. The number of anilines is 1. The van der Waals surface area contributed by atoms with Crippen LogP contribution in [0, 0.1) is 29.6 Å². The third kappa shape index (κ3) is 24.0. The van der Waals surface area contributed by atoms with E-state index in [4.69, 9.17) is 66.9 Å². The summed E-state index contributed by atoms with van der Waals surface area (Å²) in [6, 6.07) is 22.2. The monoisotopic (exact) mass is 1210 g/mol. The van der Waals surface area contributed by atoms with Crippen LogP contribution in [-0.2, 0) is 57.1 Å². The topological polar surface area (TPSA) is 208 Å². The Balaban J connectivity index is 0.844. The summed E-state index contributed by atoms with van der Waals surface area (Å²) in [7, 11) is 0. The Bertz CT molecular complexity index is 2750. The summed E-state index contributed by atoms with van der Waals surface area (Å²) in [5, 5.41) is 8.05. The molecule has 1 atom stereocenters. The number of carbonyl (C=O) groups is 4. The average Bonchev–Trinajstić information content (AvgIpc) is 3.47. The van der Waals surface area contributed by atoms with Crippen LogP contribution in [0.3, 0.4) is 0 Å². The minimum atomic E-state index is -0.482. The molecule has 4 aromatic rings. The molecule has 3 aliphatic rings. The first-order valence-electron chi connectivity index (χ1n) is 30.3. The van der Waals surface area contributed by atoms with Crippen molar-refractivity contribution in [3.05, 3.63) is 122 Å². The van der Waals surface area contributed by atoms with Gasteiger partial charge in [-0.1, -0.05) is 62.8 Å². The number of unbranched alkanes of at least 4 members (excludes halogenated alkanes) is 3. The van der Waals surface area contributed by atoms with Crippen LogP contribution < -0.4 is 24.0 Å². The van der Waals surface area contributed by atoms with Gasteiger partial charge in [0.2, 0.25) is 5.13 Å². The standard InChI is InChI=1S/C66H85N3O16S/c1-4-7-8-11-32-69(66-68-59-12-9-10-13-61(59)86-66)67-46-53-45-58(82-47-49-14-18-51(19-15-49)64(72)84-56-26-22-54(23-27-56)78-41-37-74-33-35-76-39-43-80-62(70)5-2)30-31-60(53)83-48-50-16-20-52(21-17-50)65(73)85-57-28-24-55(25-29-57)79-42-38-75-34-36-77-40-44-81-63(71)6-3/h5-6,9-10,12-13,22-31,46,49-53H,2-4,7-8,11,14-21,32-45,47-48H2,1H3/b67-46+. The third-order valence-corrected chi connectivity index (χ3v) is 15.8. The lowest BCUT2D eigenvalue weighted by atomic mass is 9.82. The van der Waals surface area contributed by atoms with Crippen molar-refractivity contribution < 1.29 is 76.0 Å². The van der Waals surface area contributed by atoms with Crippen LogP contribution in [-0.4, -0.2) is 134 Å². The largest absolute Gasteiger partial charge is 0.498 e. The van der Waals surface area contributed by atoms with E-state index in [1.54, 1.807) is 59.9 Å². The molecular formula is C66H85N3O16S. The van der Waals surface area contributed by atoms with Gasteiger partial charge in [0.15, 0.2) is 0 Å². The number of carbonyl (C=O) groups excluding carboxylic acids is 4. The maximum atomic E-state index is 13.3. The van der Waals surface area contributed by atoms with Crippen molar-refractivity contribution in [1.82, 2.24) is 4.98 Å². The molecule has 1 heterocycles. The van der Waals surface area contributed by atoms with Crippen molar-refractivity contribution >= 4 is 56.8 Å². The van der Waals surface area contributed by atoms with E-state index in [0.717, 1.165) is 110 Å². The van der Waals surface area contributed by atoms with Gasteiger partial charge in [0.05, 0.1) is 99.8 Å². The minimum absolute atomic E-state index is 0.159. The number of nitrogens with zero attached hydrogens (tertiary/aromatic N) is 3. The van der Waals surface area contributed by atoms with E-state index in [2.05, 4.69) is 26.1 Å². The third-order valence-electron chi connectivity index (χ3n) is 14.8. The van der Waals surface area contributed by atoms with E-state index in [0.29, 0.717) is 114 Å². The quantitative estimate of drug-likeness (QED) is 0.0101. The molecular weight excluding hydrogens is 1120 g/mol. The van der Waals surface area contributed by atoms with Gasteiger partial charge in [-0.2, -0.15) is 5.10 Å². The molecule has 1 aromatic heterocycles. The van der Waals surface area contributed by atoms with Crippen molar-refractivity contribution in [1.29, 1.82) is 0 Å². The highest BCUT2D eigenvalue weighted by molar-refractivity contribution is 7.22. The second-order valence-electron chi connectivity index (χ2n) is 21.2. The Labute approximate surface area is 509 Å². The second-order valence-corrected chi connectivity index (χ2v) is 22.2. The molecule has 466 valence electrons. The second kappa shape index (κ2) is 38.1. The molecule has 0 aliphatic heterocycles. The molecule has 0 radical (unpaired) electrons. The number of esters is 4. The van der Waals surface area contributed by atoms with Gasteiger partial charge in [0.25, 0.3) is 0 Å². The summed E-state index contributed by atoms with van der Waals surface area (Å²) < 4.78 is 69.1. The predicted molar refractivity (Wildman–Crippen MR) is 327 cm³/mol. The summed E-state index contributed by atoms with van der Waals surface area (Å²) in [6.45, 7) is 14.5. The fourth-order valence-electron chi connectivity index (χ4n) is 9.87. The van der Waals surface area contributed by atoms with Gasteiger partial charge < -0.3 is 56.8 Å². The summed E-state index contributed by atoms with van der Waals surface area (Å²) >= 11 is 1.64. The molecule has 3 aliphatic carbocycles. The van der Waals surface area contributed by atoms with Crippen molar-refractivity contribution in [2.75, 3.05) is 104 Å². The fraction of sp³-hybridized carbons (Fsp3) is 0.515. The predicted octanol–water partition coefficient (Wildman–Crippen LogP) is 11.6. The number of hydrogen-bond donors (Lipinski definition) is 0. The number of hydrazone groups is 1. The van der Waals surface area contributed by atoms with Gasteiger partial charge in [-0.25, -0.2) is 19.6 Å². The lowest BCUT2D eigenvalue weighted by molar-refractivity contribution is -0.141. The zero-order valence-corrected chi connectivity index (χ0v) is 50.5. The molecule has 0 bridgehead atoms. The first-order valence-corrected chi connectivity index (χ1v) is 31.1. The molecule has 0 saturated heterocycles. The van der Waals surface area contributed by atoms with Crippen LogP contribution in [0.5, 0.6) is 23.0 Å². The number of fused-ring (bicyclic) bond motifs is 1. The van der Waals surface area contributed by atoms with Gasteiger partial charge in [0.1, 0.15) is 55.2 Å². The van der Waals surface area contributed by atoms with E-state index < -0.39 is 11.9 Å². The first kappa shape index (κ1) is 66.4. The molecule has 3 aromatic carbocycles. The Morgan fingerprint density at radius 1 is 0.570 bits per heavy atom. The van der Waals surface area contributed by atoms with Gasteiger partial charge >= 0.3 is 23.9 Å². The minimum Gasteiger partial charge on any atom is -0.498 e. The summed E-state index contributed by atoms with van der Waals surface area (Å²) in [5.41, 5.74) is 0.956. The summed E-state index contributed by atoms with van der Waals surface area (Å²) in [6.07, 6.45) is 19.5. The lowest BCUT2D eigenvalue weighted by Crippen LogP contribution is -2.28. The van der Waals surface area contributed by atoms with Gasteiger partial charge in [-0.05, 0) is 142 Å². The average molecular weight is 1210 g/mol. The molecule has 7 rings (SSSR count). The molecule has 19 nitrogen and oxygen atoms in total. The molecule has 0 amide bonds. The van der Waals surface area contributed by atoms with Gasteiger partial charge in [-0.3, -0.25) is 9.59 Å². The Hall–Kier alpha value is -7.10. The van der Waals surface area contributed by atoms with Gasteiger partial charge in [-0.15, -0.1) is 0 Å². The Kier molecular flexibility index (Phi) is 29.5. The molecule has 2 fully saturated rings. The number of ether oxygens (including phenoxy) is 12. The molecule has 86 heavy (non-hydrogen) atoms. The first-order chi connectivity index (χ1) is 42.2. The Morgan fingerprint density at radius 2 is 1.06 bits per heavy atom. The highest BCUT2D eigenvalue weighted by atomic mass is 32.1. The lowest BCUT2D eigenvalue weighted by Gasteiger charge is -2.30. The zero-order chi connectivity index (χ0) is 60.4. The molecule has 2 saturated carbocycles. The number of rotatable bonds is 40. The zero-order valence-electron chi connectivity index (χ0n) is 49.7. The summed E-state index contributed by atoms with van der Waals surface area (Å²) in [4.78, 5) is 53.7. The molecule has 20 heteroatoms. The maximum Gasteiger partial charge on any atom is 0.330 e. The molecule has 1 unspecified atom stereocenters. The highest BCUT2D eigenvalue weighted by Crippen LogP contribution is 2.36. The van der Waals surface area contributed by atoms with Crippen molar-refractivity contribution in [2.45, 2.75) is 90.4 Å². The number of aromatic nitrogens is 1. The number of allylic oxidation sites excluding steroid dienone is 4. The van der Waals surface area contributed by atoms with Crippen molar-refractivity contribution in [2.24, 2.45) is 34.7 Å². The highest BCUT2D eigenvalue weighted by Gasteiger charge is 2.31. The van der Waals surface area contributed by atoms with Crippen LogP contribution in [0.1, 0.15) is 90.4 Å². The van der Waals surface area contributed by atoms with E-state index in [1.807, 2.05) is 41.6 Å². The normalized spacial score (nSPS) is 18.5. The van der Waals surface area contributed by atoms with Crippen molar-refractivity contribution in [3.8, 4) is 23.0 Å². The van der Waals surface area contributed by atoms with Gasteiger partial charge in [0, 0.05) is 31.3 Å². The number of hydrogen-bond acceptors (Lipinski definition) is 20. The molecule has 0 N–H and O–H groups in total. The van der Waals surface area contributed by atoms with Crippen LogP contribution in [0.15, 0.2) is 127 Å². The fourth-order valence-corrected chi connectivity index (χ4v) is 10.8. The van der Waals surface area contributed by atoms with Crippen LogP contribution in [0.25, 0.3) is 10.2 Å². The molecule has 0 spiro atoms. The number of para-hydroxylation sites is 1. The van der Waals surface area contributed by atoms with E-state index >= 15 is 0 Å².